The van der Waals surface area contributed by atoms with Gasteiger partial charge in [0.25, 0.3) is 0 Å². The van der Waals surface area contributed by atoms with E-state index in [0.717, 1.165) is 63.2 Å². The lowest BCUT2D eigenvalue weighted by Gasteiger charge is -2.38. The zero-order valence-corrected chi connectivity index (χ0v) is 27.7. The van der Waals surface area contributed by atoms with Crippen molar-refractivity contribution < 1.29 is 27.2 Å². The van der Waals surface area contributed by atoms with Gasteiger partial charge >= 0.3 is 8.56 Å². The van der Waals surface area contributed by atoms with Gasteiger partial charge in [0.2, 0.25) is 0 Å². The van der Waals surface area contributed by atoms with Crippen molar-refractivity contribution in [1.29, 1.82) is 0 Å². The van der Waals surface area contributed by atoms with E-state index < -0.39 is 25.2 Å². The van der Waals surface area contributed by atoms with Gasteiger partial charge in [0.15, 0.2) is 16.6 Å². The molecule has 2 aliphatic heterocycles. The highest BCUT2D eigenvalue weighted by Gasteiger charge is 2.44. The highest BCUT2D eigenvalue weighted by Crippen LogP contribution is 2.41. The molecule has 0 N–H and O–H groups in total. The first-order valence-electron chi connectivity index (χ1n) is 15.4. The van der Waals surface area contributed by atoms with E-state index in [9.17, 15) is 0 Å². The zero-order valence-electron chi connectivity index (χ0n) is 24.7. The molecule has 0 bridgehead atoms. The Hall–Kier alpha value is 0.411. The van der Waals surface area contributed by atoms with Crippen LogP contribution in [0.15, 0.2) is 0 Å². The van der Waals surface area contributed by atoms with E-state index in [-0.39, 0.29) is 0 Å². The number of rotatable bonds is 18. The van der Waals surface area contributed by atoms with Gasteiger partial charge in [-0.15, -0.1) is 0 Å². The van der Waals surface area contributed by atoms with Crippen molar-refractivity contribution in [3.05, 3.63) is 0 Å². The highest BCUT2D eigenvalue weighted by atomic mass is 28.5. The lowest BCUT2D eigenvalue weighted by molar-refractivity contribution is 0.115. The molecular weight excluding hydrogens is 517 g/mol. The van der Waals surface area contributed by atoms with Crippen molar-refractivity contribution in [2.75, 3.05) is 26.4 Å². The molecule has 37 heavy (non-hydrogen) atoms. The summed E-state index contributed by atoms with van der Waals surface area (Å²) in [6.45, 7) is 17.4. The molecule has 2 aliphatic carbocycles. The Morgan fingerprint density at radius 1 is 0.568 bits per heavy atom. The summed E-state index contributed by atoms with van der Waals surface area (Å²) >= 11 is 0. The largest absolute Gasteiger partial charge is 0.437 e. The van der Waals surface area contributed by atoms with Gasteiger partial charge in [-0.25, -0.2) is 0 Å². The fourth-order valence-corrected chi connectivity index (χ4v) is 20.9. The molecule has 2 heterocycles. The first kappa shape index (κ1) is 30.4. The molecule has 216 valence electrons. The molecule has 4 rings (SSSR count). The molecule has 6 nitrogen and oxygen atoms in total. The molecular formula is C28H56O6Si3. The van der Waals surface area contributed by atoms with Gasteiger partial charge in [-0.2, -0.15) is 0 Å². The van der Waals surface area contributed by atoms with Crippen molar-refractivity contribution in [2.45, 2.75) is 140 Å². The lowest BCUT2D eigenvalue weighted by Crippen LogP contribution is -2.52. The summed E-state index contributed by atoms with van der Waals surface area (Å²) < 4.78 is 36.9. The monoisotopic (exact) mass is 572 g/mol. The second-order valence-electron chi connectivity index (χ2n) is 13.9. The van der Waals surface area contributed by atoms with Gasteiger partial charge < -0.3 is 27.2 Å². The quantitative estimate of drug-likeness (QED) is 0.102. The van der Waals surface area contributed by atoms with Gasteiger partial charge in [-0.05, 0) is 127 Å². The molecule has 0 aromatic heterocycles. The molecule has 0 aromatic rings. The highest BCUT2D eigenvalue weighted by molar-refractivity contribution is 6.87. The van der Waals surface area contributed by atoms with Crippen LogP contribution in [-0.4, -0.2) is 76.0 Å². The molecule has 0 amide bonds. The first-order chi connectivity index (χ1) is 17.5. The molecule has 0 radical (unpaired) electrons. The van der Waals surface area contributed by atoms with Crippen LogP contribution in [0.4, 0.5) is 0 Å². The third-order valence-electron chi connectivity index (χ3n) is 8.75. The Balaban J connectivity index is 1.01. The smallest absolute Gasteiger partial charge is 0.311 e. The first-order valence-corrected chi connectivity index (χ1v) is 24.4. The van der Waals surface area contributed by atoms with E-state index in [1.807, 2.05) is 0 Å². The summed E-state index contributed by atoms with van der Waals surface area (Å²) in [7, 11) is -5.70. The second-order valence-corrected chi connectivity index (χ2v) is 26.4. The summed E-state index contributed by atoms with van der Waals surface area (Å²) in [5.74, 6) is 1.62. The molecule has 0 spiro atoms. The topological polar surface area (TPSA) is 62.0 Å². The summed E-state index contributed by atoms with van der Waals surface area (Å²) in [4.78, 5) is 0. The molecule has 4 aliphatic rings. The number of ether oxygens (including phenoxy) is 4. The lowest BCUT2D eigenvalue weighted by atomic mass is 9.87. The minimum Gasteiger partial charge on any atom is -0.437 e. The predicted octanol–water partition coefficient (Wildman–Crippen LogP) is 6.86. The van der Waals surface area contributed by atoms with Gasteiger partial charge in [0.05, 0.1) is 24.4 Å². The number of hydrogen-bond donors (Lipinski definition) is 0. The number of hydrogen-bond acceptors (Lipinski definition) is 6. The van der Waals surface area contributed by atoms with Crippen molar-refractivity contribution in [2.24, 2.45) is 11.8 Å². The molecule has 6 atom stereocenters. The fourth-order valence-electron chi connectivity index (χ4n) is 6.86. The molecule has 2 saturated carbocycles. The Kier molecular flexibility index (Phi) is 11.0. The summed E-state index contributed by atoms with van der Waals surface area (Å²) in [5.41, 5.74) is 0. The van der Waals surface area contributed by atoms with Crippen LogP contribution in [0.2, 0.25) is 51.4 Å². The third-order valence-corrected chi connectivity index (χ3v) is 20.2. The average molecular weight is 573 g/mol. The second kappa shape index (κ2) is 13.4. The zero-order chi connectivity index (χ0) is 26.5. The van der Waals surface area contributed by atoms with Crippen LogP contribution in [0.5, 0.6) is 0 Å². The van der Waals surface area contributed by atoms with Crippen LogP contribution in [0.25, 0.3) is 0 Å². The van der Waals surface area contributed by atoms with Crippen LogP contribution in [0, 0.1) is 11.8 Å². The predicted molar refractivity (Wildman–Crippen MR) is 156 cm³/mol. The van der Waals surface area contributed by atoms with Gasteiger partial charge in [-0.3, -0.25) is 0 Å². The standard InChI is InChI=1S/C28H56O6Si3/c1-35(2,19-7-15-29-17-13-23-9-11-25-27(21-23)31-25)33-37(5,6)34-36(3,4)20-8-16-30-18-14-24-10-12-26-28(22-24)32-26/h23-28H,7-22H2,1-6H3. The van der Waals surface area contributed by atoms with Crippen molar-refractivity contribution >= 4 is 25.2 Å². The van der Waals surface area contributed by atoms with Crippen LogP contribution in [0.3, 0.4) is 0 Å². The molecule has 0 aromatic carbocycles. The van der Waals surface area contributed by atoms with Crippen LogP contribution in [0.1, 0.15) is 64.2 Å². The van der Waals surface area contributed by atoms with Crippen molar-refractivity contribution in [3.63, 3.8) is 0 Å². The van der Waals surface area contributed by atoms with Crippen LogP contribution in [-0.2, 0) is 27.2 Å². The maximum atomic E-state index is 6.78. The Morgan fingerprint density at radius 2 is 1.00 bits per heavy atom. The van der Waals surface area contributed by atoms with Gasteiger partial charge in [-0.1, -0.05) is 0 Å². The molecule has 6 unspecified atom stereocenters. The third kappa shape index (κ3) is 11.1. The van der Waals surface area contributed by atoms with E-state index >= 15 is 0 Å². The van der Waals surface area contributed by atoms with Gasteiger partial charge in [0, 0.05) is 26.4 Å². The fraction of sp³-hybridized carbons (Fsp3) is 1.00. The summed E-state index contributed by atoms with van der Waals surface area (Å²) in [6.07, 6.45) is 14.6. The normalized spacial score (nSPS) is 31.6. The van der Waals surface area contributed by atoms with E-state index in [1.54, 1.807) is 0 Å². The Labute approximate surface area is 230 Å². The van der Waals surface area contributed by atoms with E-state index in [2.05, 4.69) is 39.3 Å². The minimum atomic E-state index is -2.16. The average Bonchev–Trinajstić information content (AvgIpc) is 3.70. The SMILES string of the molecule is C[Si](C)(CCCOCCC1CCC2OC2C1)O[Si](C)(C)O[Si](C)(C)CCCOCCC1CCC2OC2C1. The van der Waals surface area contributed by atoms with Crippen LogP contribution < -0.4 is 0 Å². The maximum Gasteiger partial charge on any atom is 0.311 e. The number of epoxide rings is 2. The number of fused-ring (bicyclic) bond motifs is 2. The summed E-state index contributed by atoms with van der Waals surface area (Å²) in [6, 6.07) is 2.27. The summed E-state index contributed by atoms with van der Waals surface area (Å²) in [5, 5.41) is 0. The Bertz CT molecular complexity index is 649. The van der Waals surface area contributed by atoms with Gasteiger partial charge in [0.1, 0.15) is 0 Å². The molecule has 9 heteroatoms. The Morgan fingerprint density at radius 3 is 1.41 bits per heavy atom. The van der Waals surface area contributed by atoms with E-state index in [1.165, 1.54) is 51.4 Å². The minimum absolute atomic E-state index is 0.580. The maximum absolute atomic E-state index is 6.78. The van der Waals surface area contributed by atoms with Crippen molar-refractivity contribution in [1.82, 2.24) is 0 Å². The van der Waals surface area contributed by atoms with Crippen LogP contribution >= 0.6 is 0 Å². The van der Waals surface area contributed by atoms with Crippen molar-refractivity contribution in [3.8, 4) is 0 Å². The van der Waals surface area contributed by atoms with E-state index in [4.69, 9.17) is 27.2 Å². The molecule has 4 fully saturated rings. The van der Waals surface area contributed by atoms with E-state index in [0.29, 0.717) is 24.4 Å². The molecule has 2 saturated heterocycles.